The molecular formula is C55H105NO5. The number of hydrogen-bond donors (Lipinski definition) is 3. The zero-order valence-corrected chi connectivity index (χ0v) is 40.9. The molecule has 0 saturated carbocycles. The summed E-state index contributed by atoms with van der Waals surface area (Å²) < 4.78 is 5.45. The van der Waals surface area contributed by atoms with Crippen molar-refractivity contribution in [2.24, 2.45) is 0 Å². The highest BCUT2D eigenvalue weighted by atomic mass is 16.5. The molecule has 2 unspecified atom stereocenters. The lowest BCUT2D eigenvalue weighted by Crippen LogP contribution is -2.45. The van der Waals surface area contributed by atoms with Crippen molar-refractivity contribution in [1.29, 1.82) is 0 Å². The summed E-state index contributed by atoms with van der Waals surface area (Å²) >= 11 is 0. The summed E-state index contributed by atoms with van der Waals surface area (Å²) in [6.45, 7) is 4.86. The molecule has 6 nitrogen and oxygen atoms in total. The number of unbranched alkanes of at least 4 members (excludes halogenated alkanes) is 35. The van der Waals surface area contributed by atoms with Crippen molar-refractivity contribution in [2.45, 2.75) is 302 Å². The molecule has 3 N–H and O–H groups in total. The molecule has 0 rings (SSSR count). The highest BCUT2D eigenvalue weighted by Gasteiger charge is 2.20. The van der Waals surface area contributed by atoms with Crippen LogP contribution < -0.4 is 5.32 Å². The molecule has 0 heterocycles. The molecule has 0 aromatic heterocycles. The van der Waals surface area contributed by atoms with E-state index in [0.29, 0.717) is 25.9 Å². The zero-order valence-electron chi connectivity index (χ0n) is 40.9. The van der Waals surface area contributed by atoms with Crippen molar-refractivity contribution >= 4 is 11.9 Å². The second-order valence-electron chi connectivity index (χ2n) is 18.6. The molecule has 0 aliphatic rings. The Labute approximate surface area is 380 Å². The molecule has 360 valence electrons. The van der Waals surface area contributed by atoms with Gasteiger partial charge in [0.2, 0.25) is 5.91 Å². The summed E-state index contributed by atoms with van der Waals surface area (Å²) in [5, 5.41) is 23.3. The van der Waals surface area contributed by atoms with Gasteiger partial charge in [0.05, 0.1) is 25.4 Å². The molecule has 0 bridgehead atoms. The first-order valence-electron chi connectivity index (χ1n) is 27.1. The number of rotatable bonds is 50. The van der Waals surface area contributed by atoms with E-state index in [0.717, 1.165) is 70.6 Å². The Morgan fingerprint density at radius 1 is 0.459 bits per heavy atom. The highest BCUT2D eigenvalue weighted by molar-refractivity contribution is 5.76. The molecular weight excluding hydrogens is 755 g/mol. The van der Waals surface area contributed by atoms with E-state index >= 15 is 0 Å². The minimum Gasteiger partial charge on any atom is -0.466 e. The van der Waals surface area contributed by atoms with Crippen LogP contribution >= 0.6 is 0 Å². The van der Waals surface area contributed by atoms with Gasteiger partial charge >= 0.3 is 5.97 Å². The van der Waals surface area contributed by atoms with Gasteiger partial charge in [0.1, 0.15) is 0 Å². The Balaban J connectivity index is 3.47. The molecule has 0 aromatic carbocycles. The summed E-state index contributed by atoms with van der Waals surface area (Å²) in [4.78, 5) is 24.5. The van der Waals surface area contributed by atoms with Crippen molar-refractivity contribution in [2.75, 3.05) is 13.2 Å². The van der Waals surface area contributed by atoms with Gasteiger partial charge in [-0.05, 0) is 51.4 Å². The smallest absolute Gasteiger partial charge is 0.305 e. The fourth-order valence-electron chi connectivity index (χ4n) is 8.32. The average molecular weight is 860 g/mol. The maximum atomic E-state index is 12.5. The molecule has 0 aliphatic heterocycles. The fourth-order valence-corrected chi connectivity index (χ4v) is 8.32. The number of aliphatic hydroxyl groups is 2. The monoisotopic (exact) mass is 860 g/mol. The second-order valence-corrected chi connectivity index (χ2v) is 18.6. The van der Waals surface area contributed by atoms with Gasteiger partial charge in [-0.15, -0.1) is 0 Å². The van der Waals surface area contributed by atoms with E-state index in [1.54, 1.807) is 0 Å². The van der Waals surface area contributed by atoms with E-state index in [1.807, 2.05) is 0 Å². The van der Waals surface area contributed by atoms with Crippen LogP contribution in [-0.2, 0) is 14.3 Å². The quantitative estimate of drug-likeness (QED) is 0.0322. The third-order valence-electron chi connectivity index (χ3n) is 12.5. The van der Waals surface area contributed by atoms with Gasteiger partial charge in [-0.25, -0.2) is 0 Å². The standard InChI is InChI=1S/C55H105NO5/c1-3-5-7-9-11-13-15-17-18-19-20-21-22-24-27-31-35-39-43-47-53(58)52(51-57)56-54(59)48-44-40-36-32-28-25-26-30-34-38-42-46-50-61-55(60)49-45-41-37-33-29-23-16-14-12-10-8-6-4-2/h8,10,14,16,52-53,57-58H,3-7,9,11-13,15,17-51H2,1-2H3,(H,56,59)/b10-8-,16-14-. The number of esters is 1. The number of amides is 1. The molecule has 1 amide bonds. The lowest BCUT2D eigenvalue weighted by molar-refractivity contribution is -0.143. The van der Waals surface area contributed by atoms with E-state index in [2.05, 4.69) is 43.5 Å². The molecule has 6 heteroatoms. The van der Waals surface area contributed by atoms with Crippen molar-refractivity contribution in [1.82, 2.24) is 5.32 Å². The normalized spacial score (nSPS) is 12.8. The summed E-state index contributed by atoms with van der Waals surface area (Å²) in [5.41, 5.74) is 0. The largest absolute Gasteiger partial charge is 0.466 e. The Bertz CT molecular complexity index is 951. The Morgan fingerprint density at radius 2 is 0.852 bits per heavy atom. The van der Waals surface area contributed by atoms with Gasteiger partial charge in [0.25, 0.3) is 0 Å². The highest BCUT2D eigenvalue weighted by Crippen LogP contribution is 2.17. The summed E-state index contributed by atoms with van der Waals surface area (Å²) in [7, 11) is 0. The van der Waals surface area contributed by atoms with Crippen LogP contribution in [0.1, 0.15) is 290 Å². The third-order valence-corrected chi connectivity index (χ3v) is 12.5. The summed E-state index contributed by atoms with van der Waals surface area (Å²) in [6.07, 6.45) is 60.1. The lowest BCUT2D eigenvalue weighted by Gasteiger charge is -2.22. The number of nitrogens with one attached hydrogen (secondary N) is 1. The van der Waals surface area contributed by atoms with Crippen LogP contribution in [0, 0.1) is 0 Å². The van der Waals surface area contributed by atoms with E-state index in [1.165, 1.54) is 186 Å². The van der Waals surface area contributed by atoms with Crippen LogP contribution in [0.3, 0.4) is 0 Å². The van der Waals surface area contributed by atoms with Crippen molar-refractivity contribution < 1.29 is 24.5 Å². The van der Waals surface area contributed by atoms with Gasteiger partial charge in [0.15, 0.2) is 0 Å². The van der Waals surface area contributed by atoms with Crippen LogP contribution in [0.15, 0.2) is 24.3 Å². The predicted molar refractivity (Wildman–Crippen MR) is 264 cm³/mol. The van der Waals surface area contributed by atoms with Gasteiger partial charge in [0, 0.05) is 12.8 Å². The SMILES string of the molecule is CCC/C=C\C/C=C\CCCCCCCC(=O)OCCCCCCCCCCCCCCC(=O)NC(CO)C(O)CCCCCCCCCCCCCCCCCCCCC. The van der Waals surface area contributed by atoms with Gasteiger partial charge in [-0.2, -0.15) is 0 Å². The number of ether oxygens (including phenoxy) is 1. The molecule has 0 aliphatic carbocycles. The van der Waals surface area contributed by atoms with Crippen LogP contribution in [0.4, 0.5) is 0 Å². The number of carbonyl (C=O) groups excluding carboxylic acids is 2. The topological polar surface area (TPSA) is 95.9 Å². The second kappa shape index (κ2) is 51.0. The molecule has 0 aromatic rings. The fraction of sp³-hybridized carbons (Fsp3) is 0.891. The van der Waals surface area contributed by atoms with E-state index in [-0.39, 0.29) is 18.5 Å². The van der Waals surface area contributed by atoms with Crippen LogP contribution in [-0.4, -0.2) is 47.4 Å². The van der Waals surface area contributed by atoms with Crippen molar-refractivity contribution in [3.63, 3.8) is 0 Å². The van der Waals surface area contributed by atoms with Crippen molar-refractivity contribution in [3.05, 3.63) is 24.3 Å². The number of carbonyl (C=O) groups is 2. The van der Waals surface area contributed by atoms with E-state index < -0.39 is 12.1 Å². The average Bonchev–Trinajstić information content (AvgIpc) is 3.26. The maximum absolute atomic E-state index is 12.5. The van der Waals surface area contributed by atoms with Crippen molar-refractivity contribution in [3.8, 4) is 0 Å². The molecule has 0 spiro atoms. The zero-order chi connectivity index (χ0) is 44.4. The maximum Gasteiger partial charge on any atom is 0.305 e. The molecule has 2 atom stereocenters. The van der Waals surface area contributed by atoms with E-state index in [9.17, 15) is 19.8 Å². The van der Waals surface area contributed by atoms with Crippen LogP contribution in [0.25, 0.3) is 0 Å². The lowest BCUT2D eigenvalue weighted by atomic mass is 10.0. The van der Waals surface area contributed by atoms with Gasteiger partial charge < -0.3 is 20.3 Å². The summed E-state index contributed by atoms with van der Waals surface area (Å²) in [6, 6.07) is -0.554. The Kier molecular flexibility index (Phi) is 49.6. The Hall–Kier alpha value is -1.66. The summed E-state index contributed by atoms with van der Waals surface area (Å²) in [5.74, 6) is -0.0737. The number of hydrogen-bond acceptors (Lipinski definition) is 5. The molecule has 0 radical (unpaired) electrons. The minimum atomic E-state index is -0.675. The minimum absolute atomic E-state index is 0.0241. The van der Waals surface area contributed by atoms with E-state index in [4.69, 9.17) is 4.74 Å². The molecule has 61 heavy (non-hydrogen) atoms. The number of allylic oxidation sites excluding steroid dienone is 4. The first-order valence-corrected chi connectivity index (χ1v) is 27.1. The molecule has 0 fully saturated rings. The predicted octanol–water partition coefficient (Wildman–Crippen LogP) is 16.3. The first-order chi connectivity index (χ1) is 30.0. The first kappa shape index (κ1) is 59.3. The number of aliphatic hydroxyl groups excluding tert-OH is 2. The van der Waals surface area contributed by atoms with Gasteiger partial charge in [-0.3, -0.25) is 9.59 Å². The molecule has 0 saturated heterocycles. The van der Waals surface area contributed by atoms with Gasteiger partial charge in [-0.1, -0.05) is 250 Å². The Morgan fingerprint density at radius 3 is 1.31 bits per heavy atom. The van der Waals surface area contributed by atoms with Crippen LogP contribution in [0.2, 0.25) is 0 Å². The third kappa shape index (κ3) is 47.7. The van der Waals surface area contributed by atoms with Crippen LogP contribution in [0.5, 0.6) is 0 Å².